The van der Waals surface area contributed by atoms with Crippen LogP contribution in [-0.4, -0.2) is 33.2 Å². The minimum absolute atomic E-state index is 0.174. The summed E-state index contributed by atoms with van der Waals surface area (Å²) in [5, 5.41) is 0. The molecule has 0 saturated carbocycles. The van der Waals surface area contributed by atoms with E-state index in [4.69, 9.17) is 18.9 Å². The molecule has 0 amide bonds. The van der Waals surface area contributed by atoms with Gasteiger partial charge in [0.25, 0.3) is 0 Å². The monoisotopic (exact) mass is 365 g/mol. The molecule has 0 saturated heterocycles. The zero-order valence-electron chi connectivity index (χ0n) is 15.3. The summed E-state index contributed by atoms with van der Waals surface area (Å²) < 4.78 is 21.1. The average Bonchev–Trinajstić information content (AvgIpc) is 3.06. The van der Waals surface area contributed by atoms with Crippen LogP contribution < -0.4 is 14.2 Å². The van der Waals surface area contributed by atoms with Crippen LogP contribution in [-0.2, 0) is 9.53 Å². The van der Waals surface area contributed by atoms with E-state index < -0.39 is 5.97 Å². The predicted octanol–water partition coefficient (Wildman–Crippen LogP) is 3.72. The molecule has 0 unspecified atom stereocenters. The van der Waals surface area contributed by atoms with Crippen LogP contribution in [0, 0.1) is 0 Å². The number of carbonyl (C=O) groups excluding carboxylic acids is 1. The molecule has 27 heavy (non-hydrogen) atoms. The third kappa shape index (κ3) is 4.17. The molecular weight excluding hydrogens is 346 g/mol. The third-order valence-corrected chi connectivity index (χ3v) is 3.88. The molecule has 0 spiro atoms. The summed E-state index contributed by atoms with van der Waals surface area (Å²) in [5.74, 6) is 1.27. The number of hydrogen-bond donors (Lipinski definition) is 0. The number of aliphatic imine (C=N–C) groups is 1. The highest BCUT2D eigenvalue weighted by Gasteiger charge is 2.22. The fourth-order valence-corrected chi connectivity index (χ4v) is 2.54. The zero-order valence-corrected chi connectivity index (χ0v) is 15.3. The summed E-state index contributed by atoms with van der Waals surface area (Å²) in [6.45, 7) is 0. The minimum atomic E-state index is -0.528. The molecule has 6 heteroatoms. The number of benzene rings is 2. The van der Waals surface area contributed by atoms with E-state index in [1.54, 1.807) is 31.4 Å². The van der Waals surface area contributed by atoms with Gasteiger partial charge in [0.1, 0.15) is 5.75 Å². The van der Waals surface area contributed by atoms with Crippen molar-refractivity contribution >= 4 is 24.0 Å². The van der Waals surface area contributed by atoms with Crippen molar-refractivity contribution in [1.29, 1.82) is 0 Å². The molecule has 0 aromatic heterocycles. The smallest absolute Gasteiger partial charge is 0.363 e. The molecule has 3 rings (SSSR count). The van der Waals surface area contributed by atoms with Crippen LogP contribution in [0.3, 0.4) is 0 Å². The van der Waals surface area contributed by atoms with E-state index in [1.165, 1.54) is 14.2 Å². The summed E-state index contributed by atoms with van der Waals surface area (Å²) in [7, 11) is 4.61. The second kappa shape index (κ2) is 8.23. The minimum Gasteiger partial charge on any atom is -0.496 e. The maximum atomic E-state index is 12.1. The van der Waals surface area contributed by atoms with Gasteiger partial charge in [-0.2, -0.15) is 0 Å². The van der Waals surface area contributed by atoms with Crippen molar-refractivity contribution in [2.45, 2.75) is 0 Å². The van der Waals surface area contributed by atoms with Crippen molar-refractivity contribution in [3.63, 3.8) is 0 Å². The molecular formula is C21H19NO5. The fourth-order valence-electron chi connectivity index (χ4n) is 2.54. The van der Waals surface area contributed by atoms with Crippen LogP contribution in [0.1, 0.15) is 11.1 Å². The van der Waals surface area contributed by atoms with Gasteiger partial charge in [0.05, 0.1) is 21.3 Å². The van der Waals surface area contributed by atoms with Crippen LogP contribution in [0.15, 0.2) is 59.2 Å². The van der Waals surface area contributed by atoms with Gasteiger partial charge in [-0.25, -0.2) is 9.79 Å². The van der Waals surface area contributed by atoms with E-state index >= 15 is 0 Å². The number of methoxy groups -OCH3 is 3. The predicted molar refractivity (Wildman–Crippen MR) is 103 cm³/mol. The Kier molecular flexibility index (Phi) is 5.56. The second-order valence-corrected chi connectivity index (χ2v) is 5.56. The van der Waals surface area contributed by atoms with Gasteiger partial charge in [-0.15, -0.1) is 0 Å². The Morgan fingerprint density at radius 3 is 2.22 bits per heavy atom. The molecule has 2 aromatic rings. The van der Waals surface area contributed by atoms with E-state index in [-0.39, 0.29) is 11.6 Å². The van der Waals surface area contributed by atoms with Crippen LogP contribution >= 0.6 is 0 Å². The lowest BCUT2D eigenvalue weighted by Gasteiger charge is -2.12. The number of rotatable bonds is 6. The van der Waals surface area contributed by atoms with Gasteiger partial charge in [-0.1, -0.05) is 30.3 Å². The topological polar surface area (TPSA) is 66.3 Å². The van der Waals surface area contributed by atoms with E-state index in [0.29, 0.717) is 22.8 Å². The van der Waals surface area contributed by atoms with Crippen molar-refractivity contribution in [1.82, 2.24) is 0 Å². The molecule has 1 aliphatic rings. The van der Waals surface area contributed by atoms with Crippen molar-refractivity contribution in [3.8, 4) is 17.2 Å². The quantitative estimate of drug-likeness (QED) is 0.577. The molecule has 2 aromatic carbocycles. The van der Waals surface area contributed by atoms with Crippen LogP contribution in [0.2, 0.25) is 0 Å². The lowest BCUT2D eigenvalue weighted by molar-refractivity contribution is -0.129. The molecule has 0 aliphatic carbocycles. The molecule has 0 radical (unpaired) electrons. The van der Waals surface area contributed by atoms with Crippen molar-refractivity contribution in [3.05, 3.63) is 65.4 Å². The molecule has 6 nitrogen and oxygen atoms in total. The summed E-state index contributed by atoms with van der Waals surface area (Å²) in [4.78, 5) is 16.4. The third-order valence-electron chi connectivity index (χ3n) is 3.88. The first-order chi connectivity index (χ1) is 13.1. The highest BCUT2D eigenvalue weighted by Crippen LogP contribution is 2.36. The molecule has 0 N–H and O–H groups in total. The lowest BCUT2D eigenvalue weighted by Crippen LogP contribution is -2.01. The Morgan fingerprint density at radius 1 is 0.889 bits per heavy atom. The Balaban J connectivity index is 1.91. The first-order valence-electron chi connectivity index (χ1n) is 8.20. The highest BCUT2D eigenvalue weighted by molar-refractivity contribution is 6.11. The molecule has 1 heterocycles. The fraction of sp³-hybridized carbons (Fsp3) is 0.143. The van der Waals surface area contributed by atoms with E-state index in [2.05, 4.69) is 4.99 Å². The van der Waals surface area contributed by atoms with Crippen molar-refractivity contribution < 1.29 is 23.7 Å². The molecule has 138 valence electrons. The lowest BCUT2D eigenvalue weighted by atomic mass is 10.1. The number of carbonyl (C=O) groups is 1. The van der Waals surface area contributed by atoms with Crippen LogP contribution in [0.25, 0.3) is 12.2 Å². The van der Waals surface area contributed by atoms with Gasteiger partial charge >= 0.3 is 5.97 Å². The van der Waals surface area contributed by atoms with Gasteiger partial charge in [0.15, 0.2) is 17.2 Å². The van der Waals surface area contributed by atoms with Gasteiger partial charge in [-0.3, -0.25) is 0 Å². The maximum Gasteiger partial charge on any atom is 0.363 e. The summed E-state index contributed by atoms with van der Waals surface area (Å²) in [6.07, 6.45) is 5.07. The first-order valence-corrected chi connectivity index (χ1v) is 8.20. The highest BCUT2D eigenvalue weighted by atomic mass is 16.6. The number of cyclic esters (lactones) is 1. The molecule has 0 bridgehead atoms. The summed E-state index contributed by atoms with van der Waals surface area (Å²) in [6, 6.07) is 13.1. The summed E-state index contributed by atoms with van der Waals surface area (Å²) in [5.41, 5.74) is 1.78. The van der Waals surface area contributed by atoms with E-state index in [1.807, 2.05) is 36.4 Å². The van der Waals surface area contributed by atoms with Gasteiger partial charge in [-0.05, 0) is 23.8 Å². The van der Waals surface area contributed by atoms with Gasteiger partial charge in [0.2, 0.25) is 5.90 Å². The van der Waals surface area contributed by atoms with E-state index in [9.17, 15) is 4.79 Å². The van der Waals surface area contributed by atoms with Gasteiger partial charge in [0, 0.05) is 17.7 Å². The Morgan fingerprint density at radius 2 is 1.56 bits per heavy atom. The largest absolute Gasteiger partial charge is 0.496 e. The molecule has 0 atom stereocenters. The number of esters is 1. The normalized spacial score (nSPS) is 15.0. The number of ether oxygens (including phenoxy) is 4. The van der Waals surface area contributed by atoms with E-state index in [0.717, 1.165) is 5.56 Å². The summed E-state index contributed by atoms with van der Waals surface area (Å²) >= 11 is 0. The first kappa shape index (κ1) is 18.3. The average molecular weight is 365 g/mol. The van der Waals surface area contributed by atoms with Crippen molar-refractivity contribution in [2.75, 3.05) is 21.3 Å². The van der Waals surface area contributed by atoms with Crippen LogP contribution in [0.4, 0.5) is 0 Å². The Hall–Kier alpha value is -3.54. The number of nitrogens with zero attached hydrogens (tertiary/aromatic N) is 1. The molecule has 1 aliphatic heterocycles. The van der Waals surface area contributed by atoms with Gasteiger partial charge < -0.3 is 18.9 Å². The second-order valence-electron chi connectivity index (χ2n) is 5.56. The SMILES string of the molecule is COc1cc(OC)c(OC)cc1C=C1N=C(C=Cc2ccccc2)OC1=O. The number of hydrogen-bond acceptors (Lipinski definition) is 6. The Bertz CT molecular complexity index is 929. The maximum absolute atomic E-state index is 12.1. The standard InChI is InChI=1S/C21H19NO5/c1-24-17-13-19(26-3)18(25-2)12-15(17)11-16-21(23)27-20(22-16)10-9-14-7-5-4-6-8-14/h4-13H,1-3H3. The zero-order chi connectivity index (χ0) is 19.2. The Labute approximate surface area is 157 Å². The van der Waals surface area contributed by atoms with Crippen molar-refractivity contribution in [2.24, 2.45) is 4.99 Å². The van der Waals surface area contributed by atoms with Crippen LogP contribution in [0.5, 0.6) is 17.2 Å². The molecule has 0 fully saturated rings.